The highest BCUT2D eigenvalue weighted by Gasteiger charge is 2.20. The zero-order valence-electron chi connectivity index (χ0n) is 9.64. The Morgan fingerprint density at radius 3 is 3.12 bits per heavy atom. The van der Waals surface area contributed by atoms with E-state index in [0.717, 1.165) is 19.5 Å². The molecule has 5 heteroatoms. The maximum Gasteiger partial charge on any atom is 0.186 e. The molecule has 1 aromatic heterocycles. The van der Waals surface area contributed by atoms with E-state index in [2.05, 4.69) is 28.2 Å². The Labute approximate surface area is 116 Å². The Balaban J connectivity index is 0.00000144. The lowest BCUT2D eigenvalue weighted by molar-refractivity contribution is -0.109. The van der Waals surface area contributed by atoms with E-state index in [0.29, 0.717) is 5.25 Å². The third-order valence-electron chi connectivity index (χ3n) is 2.53. The van der Waals surface area contributed by atoms with E-state index in [4.69, 9.17) is 0 Å². The zero-order valence-corrected chi connectivity index (χ0v) is 12.1. The molecule has 1 aromatic rings. The summed E-state index contributed by atoms with van der Waals surface area (Å²) in [5.41, 5.74) is 2.59. The minimum Gasteiger partial charge on any atom is -0.313 e. The molecule has 0 aromatic carbocycles. The molecule has 0 aliphatic carbocycles. The van der Waals surface area contributed by atoms with Crippen LogP contribution in [0.25, 0.3) is 6.08 Å². The first-order chi connectivity index (χ1) is 7.75. The Hall–Kier alpha value is -0.290. The van der Waals surface area contributed by atoms with Gasteiger partial charge in [0.15, 0.2) is 5.12 Å². The average molecular weight is 290 g/mol. The van der Waals surface area contributed by atoms with Gasteiger partial charge in [-0.2, -0.15) is 11.3 Å². The number of hydrogen-bond acceptors (Lipinski definition) is 4. The fraction of sp³-hybridized carbons (Fsp3) is 0.417. The second-order valence-electron chi connectivity index (χ2n) is 3.84. The van der Waals surface area contributed by atoms with E-state index < -0.39 is 0 Å². The monoisotopic (exact) mass is 289 g/mol. The molecule has 0 spiro atoms. The fourth-order valence-corrected chi connectivity index (χ4v) is 3.37. The highest BCUT2D eigenvalue weighted by molar-refractivity contribution is 8.14. The predicted octanol–water partition coefficient (Wildman–Crippen LogP) is 3.19. The normalized spacial score (nSPS) is 22.2. The van der Waals surface area contributed by atoms with Crippen molar-refractivity contribution in [3.63, 3.8) is 0 Å². The number of halogens is 1. The molecule has 1 N–H and O–H groups in total. The smallest absolute Gasteiger partial charge is 0.186 e. The highest BCUT2D eigenvalue weighted by Crippen LogP contribution is 2.27. The summed E-state index contributed by atoms with van der Waals surface area (Å²) in [5.74, 6) is 0. The van der Waals surface area contributed by atoms with Crippen LogP contribution in [0.4, 0.5) is 0 Å². The number of carbonyl (C=O) groups excluding carboxylic acids is 1. The first kappa shape index (κ1) is 14.8. The van der Waals surface area contributed by atoms with E-state index in [1.54, 1.807) is 18.3 Å². The molecule has 1 aliphatic rings. The van der Waals surface area contributed by atoms with Crippen LogP contribution in [0.5, 0.6) is 0 Å². The molecule has 0 saturated carbocycles. The molecule has 2 rings (SSSR count). The zero-order chi connectivity index (χ0) is 11.4. The third kappa shape index (κ3) is 4.47. The van der Waals surface area contributed by atoms with Crippen LogP contribution in [0.3, 0.4) is 0 Å². The summed E-state index contributed by atoms with van der Waals surface area (Å²) in [7, 11) is 0. The van der Waals surface area contributed by atoms with Gasteiger partial charge in [0.2, 0.25) is 0 Å². The number of hydrogen-bond donors (Lipinski definition) is 1. The van der Waals surface area contributed by atoms with E-state index in [1.165, 1.54) is 22.9 Å². The quantitative estimate of drug-likeness (QED) is 0.906. The van der Waals surface area contributed by atoms with Crippen LogP contribution in [-0.4, -0.2) is 23.5 Å². The van der Waals surface area contributed by atoms with Gasteiger partial charge >= 0.3 is 0 Å². The van der Waals surface area contributed by atoms with Gasteiger partial charge in [0.1, 0.15) is 0 Å². The summed E-state index contributed by atoms with van der Waals surface area (Å²) in [5, 5.41) is 8.15. The van der Waals surface area contributed by atoms with Gasteiger partial charge in [-0.15, -0.1) is 12.4 Å². The number of thioether (sulfide) groups is 1. The number of thiophene rings is 1. The molecule has 2 heterocycles. The lowest BCUT2D eigenvalue weighted by atomic mass is 10.0. The molecule has 1 aliphatic heterocycles. The van der Waals surface area contributed by atoms with Gasteiger partial charge in [-0.1, -0.05) is 17.8 Å². The number of carbonyl (C=O) groups is 1. The Morgan fingerprint density at radius 1 is 1.65 bits per heavy atom. The molecule has 1 atom stereocenters. The summed E-state index contributed by atoms with van der Waals surface area (Å²) in [4.78, 5) is 11.2. The second kappa shape index (κ2) is 7.21. The standard InChI is InChI=1S/C12H15NOS2.ClH/c1-9(14)16-12-2-4-13-7-11(12)6-10-3-5-15-8-10;/h3,5-6,8,12-13H,2,4,7H2,1H3;1H/b11-6+;. The third-order valence-corrected chi connectivity index (χ3v) is 4.39. The van der Waals surface area contributed by atoms with Gasteiger partial charge in [0.25, 0.3) is 0 Å². The molecule has 0 bridgehead atoms. The van der Waals surface area contributed by atoms with Gasteiger partial charge in [-0.05, 0) is 40.9 Å². The minimum absolute atomic E-state index is 0. The molecule has 1 saturated heterocycles. The molecule has 1 unspecified atom stereocenters. The molecule has 2 nitrogen and oxygen atoms in total. The Morgan fingerprint density at radius 2 is 2.47 bits per heavy atom. The maximum absolute atomic E-state index is 11.2. The van der Waals surface area contributed by atoms with Crippen molar-refractivity contribution in [1.29, 1.82) is 0 Å². The van der Waals surface area contributed by atoms with Gasteiger partial charge < -0.3 is 5.32 Å². The first-order valence-electron chi connectivity index (χ1n) is 5.36. The van der Waals surface area contributed by atoms with Gasteiger partial charge in [-0.25, -0.2) is 0 Å². The van der Waals surface area contributed by atoms with Crippen LogP contribution in [0, 0.1) is 0 Å². The number of nitrogens with one attached hydrogen (secondary N) is 1. The molecule has 17 heavy (non-hydrogen) atoms. The van der Waals surface area contributed by atoms with Crippen LogP contribution < -0.4 is 5.32 Å². The van der Waals surface area contributed by atoms with Crippen molar-refractivity contribution in [3.8, 4) is 0 Å². The Bertz CT molecular complexity index is 389. The predicted molar refractivity (Wildman–Crippen MR) is 79.1 cm³/mol. The van der Waals surface area contributed by atoms with Gasteiger partial charge in [0, 0.05) is 18.7 Å². The average Bonchev–Trinajstić information content (AvgIpc) is 2.73. The van der Waals surface area contributed by atoms with Crippen molar-refractivity contribution in [2.45, 2.75) is 18.6 Å². The molecular weight excluding hydrogens is 274 g/mol. The van der Waals surface area contributed by atoms with E-state index in [9.17, 15) is 4.79 Å². The van der Waals surface area contributed by atoms with E-state index in [1.807, 2.05) is 0 Å². The molecule has 0 amide bonds. The van der Waals surface area contributed by atoms with Crippen LogP contribution >= 0.6 is 35.5 Å². The van der Waals surface area contributed by atoms with Crippen molar-refractivity contribution in [3.05, 3.63) is 28.0 Å². The highest BCUT2D eigenvalue weighted by atomic mass is 35.5. The summed E-state index contributed by atoms with van der Waals surface area (Å²) in [6.45, 7) is 3.56. The van der Waals surface area contributed by atoms with Gasteiger partial charge in [-0.3, -0.25) is 4.79 Å². The first-order valence-corrected chi connectivity index (χ1v) is 7.18. The number of rotatable bonds is 2. The van der Waals surface area contributed by atoms with Crippen molar-refractivity contribution < 1.29 is 4.79 Å². The van der Waals surface area contributed by atoms with Crippen LogP contribution in [0.15, 0.2) is 22.4 Å². The molecule has 0 radical (unpaired) electrons. The molecule has 94 valence electrons. The van der Waals surface area contributed by atoms with E-state index in [-0.39, 0.29) is 17.5 Å². The second-order valence-corrected chi connectivity index (χ2v) is 6.00. The van der Waals surface area contributed by atoms with Crippen LogP contribution in [0.2, 0.25) is 0 Å². The van der Waals surface area contributed by atoms with E-state index >= 15 is 0 Å². The molecule has 1 fully saturated rings. The largest absolute Gasteiger partial charge is 0.313 e. The topological polar surface area (TPSA) is 29.1 Å². The summed E-state index contributed by atoms with van der Waals surface area (Å²) in [6, 6.07) is 2.11. The fourth-order valence-electron chi connectivity index (χ4n) is 1.82. The van der Waals surface area contributed by atoms with Crippen molar-refractivity contribution >= 4 is 46.7 Å². The SMILES string of the molecule is CC(=O)SC1CCNC/C1=C\c1ccsc1.Cl. The lowest BCUT2D eigenvalue weighted by Gasteiger charge is -2.24. The van der Waals surface area contributed by atoms with Crippen molar-refractivity contribution in [2.24, 2.45) is 0 Å². The summed E-state index contributed by atoms with van der Waals surface area (Å²) < 4.78 is 0. The molecular formula is C12H16ClNOS2. The van der Waals surface area contributed by atoms with Crippen molar-refractivity contribution in [1.82, 2.24) is 5.32 Å². The Kier molecular flexibility index (Phi) is 6.27. The number of piperidine rings is 1. The summed E-state index contributed by atoms with van der Waals surface area (Å²) in [6.07, 6.45) is 3.25. The lowest BCUT2D eigenvalue weighted by Crippen LogP contribution is -2.32. The summed E-state index contributed by atoms with van der Waals surface area (Å²) >= 11 is 3.17. The van der Waals surface area contributed by atoms with Crippen LogP contribution in [0.1, 0.15) is 18.9 Å². The maximum atomic E-state index is 11.2. The van der Waals surface area contributed by atoms with Crippen molar-refractivity contribution in [2.75, 3.05) is 13.1 Å². The van der Waals surface area contributed by atoms with Gasteiger partial charge in [0.05, 0.1) is 0 Å². The van der Waals surface area contributed by atoms with Crippen LogP contribution in [-0.2, 0) is 4.79 Å². The minimum atomic E-state index is 0.